The summed E-state index contributed by atoms with van der Waals surface area (Å²) in [6.07, 6.45) is 0.201. The van der Waals surface area contributed by atoms with E-state index >= 15 is 0 Å². The van der Waals surface area contributed by atoms with E-state index in [4.69, 9.17) is 25.8 Å². The van der Waals surface area contributed by atoms with Gasteiger partial charge in [-0.15, -0.1) is 0 Å². The molecular weight excluding hydrogens is 394 g/mol. The summed E-state index contributed by atoms with van der Waals surface area (Å²) in [7, 11) is 0. The van der Waals surface area contributed by atoms with Crippen LogP contribution in [0.15, 0.2) is 42.5 Å². The van der Waals surface area contributed by atoms with Crippen molar-refractivity contribution in [2.24, 2.45) is 5.92 Å². The first-order chi connectivity index (χ1) is 13.9. The first kappa shape index (κ1) is 21.1. The molecule has 0 bridgehead atoms. The largest absolute Gasteiger partial charge is 0.467 e. The quantitative estimate of drug-likeness (QED) is 0.696. The molecule has 1 heterocycles. The van der Waals surface area contributed by atoms with Crippen LogP contribution >= 0.6 is 11.6 Å². The smallest absolute Gasteiger partial charge is 0.329 e. The number of fused-ring (bicyclic) bond motifs is 1. The SMILES string of the molecule is CC(C)[C@H](NC(=O)Cc1ccccc1)C(=O)OCc1cc(Cl)cc2c1OCOC2. The molecule has 2 aromatic rings. The van der Waals surface area contributed by atoms with E-state index in [1.54, 1.807) is 12.1 Å². The summed E-state index contributed by atoms with van der Waals surface area (Å²) in [4.78, 5) is 25.0. The van der Waals surface area contributed by atoms with Crippen molar-refractivity contribution in [3.63, 3.8) is 0 Å². The molecule has 6 nitrogen and oxygen atoms in total. The van der Waals surface area contributed by atoms with Crippen molar-refractivity contribution in [2.45, 2.75) is 39.5 Å². The predicted molar refractivity (Wildman–Crippen MR) is 108 cm³/mol. The molecule has 29 heavy (non-hydrogen) atoms. The molecule has 1 aliphatic heterocycles. The second kappa shape index (κ2) is 9.76. The Balaban J connectivity index is 1.63. The third-order valence-corrected chi connectivity index (χ3v) is 4.78. The lowest BCUT2D eigenvalue weighted by Gasteiger charge is -2.23. The van der Waals surface area contributed by atoms with Gasteiger partial charge in [-0.25, -0.2) is 4.79 Å². The van der Waals surface area contributed by atoms with Gasteiger partial charge in [0.25, 0.3) is 0 Å². The fourth-order valence-corrected chi connectivity index (χ4v) is 3.37. The third-order valence-electron chi connectivity index (χ3n) is 4.57. The van der Waals surface area contributed by atoms with Crippen molar-refractivity contribution in [2.75, 3.05) is 6.79 Å². The van der Waals surface area contributed by atoms with Crippen LogP contribution in [0.25, 0.3) is 0 Å². The van der Waals surface area contributed by atoms with E-state index in [2.05, 4.69) is 5.32 Å². The van der Waals surface area contributed by atoms with Crippen molar-refractivity contribution >= 4 is 23.5 Å². The standard InChI is InChI=1S/C22H24ClNO5/c1-14(2)20(24-19(25)8-15-6-4-3-5-7-15)22(26)28-12-17-10-18(23)9-16-11-27-13-29-21(16)17/h3-7,9-10,14,20H,8,11-13H2,1-2H3,(H,24,25)/t20-/m0/s1. The van der Waals surface area contributed by atoms with Gasteiger partial charge in [-0.3, -0.25) is 4.79 Å². The molecule has 7 heteroatoms. The molecule has 0 aliphatic carbocycles. The Morgan fingerprint density at radius 2 is 1.97 bits per heavy atom. The van der Waals surface area contributed by atoms with Crippen molar-refractivity contribution < 1.29 is 23.8 Å². The highest BCUT2D eigenvalue weighted by molar-refractivity contribution is 6.30. The number of carbonyl (C=O) groups is 2. The number of esters is 1. The zero-order valence-corrected chi connectivity index (χ0v) is 17.2. The van der Waals surface area contributed by atoms with Gasteiger partial charge >= 0.3 is 5.97 Å². The number of hydrogen-bond acceptors (Lipinski definition) is 5. The molecule has 0 aromatic heterocycles. The number of benzene rings is 2. The van der Waals surface area contributed by atoms with Gasteiger partial charge in [-0.2, -0.15) is 0 Å². The van der Waals surface area contributed by atoms with Gasteiger partial charge in [-0.1, -0.05) is 55.8 Å². The molecule has 1 amide bonds. The van der Waals surface area contributed by atoms with Gasteiger partial charge in [0, 0.05) is 16.1 Å². The number of halogens is 1. The van der Waals surface area contributed by atoms with Crippen LogP contribution in [0.1, 0.15) is 30.5 Å². The Bertz CT molecular complexity index is 869. The Hall–Kier alpha value is -2.57. The van der Waals surface area contributed by atoms with Crippen LogP contribution in [0, 0.1) is 5.92 Å². The van der Waals surface area contributed by atoms with Crippen LogP contribution in [-0.4, -0.2) is 24.7 Å². The maximum Gasteiger partial charge on any atom is 0.329 e. The number of ether oxygens (including phenoxy) is 3. The minimum Gasteiger partial charge on any atom is -0.467 e. The van der Waals surface area contributed by atoms with E-state index in [9.17, 15) is 9.59 Å². The Labute approximate surface area is 175 Å². The van der Waals surface area contributed by atoms with Gasteiger partial charge in [-0.05, 0) is 23.6 Å². The lowest BCUT2D eigenvalue weighted by Crippen LogP contribution is -2.45. The van der Waals surface area contributed by atoms with Gasteiger partial charge < -0.3 is 19.5 Å². The highest BCUT2D eigenvalue weighted by Gasteiger charge is 2.26. The Kier molecular flexibility index (Phi) is 7.12. The Morgan fingerprint density at radius 3 is 2.69 bits per heavy atom. The summed E-state index contributed by atoms with van der Waals surface area (Å²) in [6.45, 7) is 4.24. The van der Waals surface area contributed by atoms with Crippen LogP contribution in [0.5, 0.6) is 5.75 Å². The molecule has 1 N–H and O–H groups in total. The lowest BCUT2D eigenvalue weighted by molar-refractivity contribution is -0.150. The minimum absolute atomic E-state index is 0.000494. The third kappa shape index (κ3) is 5.71. The van der Waals surface area contributed by atoms with Crippen molar-refractivity contribution in [3.05, 3.63) is 64.2 Å². The first-order valence-electron chi connectivity index (χ1n) is 9.46. The van der Waals surface area contributed by atoms with E-state index in [-0.39, 0.29) is 31.6 Å². The topological polar surface area (TPSA) is 73.9 Å². The maximum absolute atomic E-state index is 12.7. The van der Waals surface area contributed by atoms with E-state index < -0.39 is 12.0 Å². The molecule has 1 atom stereocenters. The van der Waals surface area contributed by atoms with E-state index in [0.29, 0.717) is 22.9 Å². The molecule has 0 fully saturated rings. The van der Waals surface area contributed by atoms with Crippen molar-refractivity contribution in [3.8, 4) is 5.75 Å². The number of hydrogen-bond donors (Lipinski definition) is 1. The van der Waals surface area contributed by atoms with Crippen LogP contribution in [0.4, 0.5) is 0 Å². The highest BCUT2D eigenvalue weighted by atomic mass is 35.5. The predicted octanol–water partition coefficient (Wildman–Crippen LogP) is 3.63. The number of nitrogens with one attached hydrogen (secondary N) is 1. The number of rotatable bonds is 7. The van der Waals surface area contributed by atoms with Gasteiger partial charge in [0.05, 0.1) is 13.0 Å². The molecule has 1 aliphatic rings. The highest BCUT2D eigenvalue weighted by Crippen LogP contribution is 2.32. The van der Waals surface area contributed by atoms with Crippen LogP contribution in [-0.2, 0) is 38.7 Å². The van der Waals surface area contributed by atoms with Crippen molar-refractivity contribution in [1.82, 2.24) is 5.32 Å². The van der Waals surface area contributed by atoms with E-state index in [0.717, 1.165) is 11.1 Å². The van der Waals surface area contributed by atoms with Gasteiger partial charge in [0.15, 0.2) is 6.79 Å². The summed E-state index contributed by atoms with van der Waals surface area (Å²) in [6, 6.07) is 12.1. The normalized spacial score (nSPS) is 13.9. The summed E-state index contributed by atoms with van der Waals surface area (Å²) in [5.41, 5.74) is 2.36. The molecular formula is C22H24ClNO5. The molecule has 3 rings (SSSR count). The summed E-state index contributed by atoms with van der Waals surface area (Å²) >= 11 is 6.15. The molecule has 0 spiro atoms. The van der Waals surface area contributed by atoms with Crippen LogP contribution in [0.3, 0.4) is 0 Å². The minimum atomic E-state index is -0.745. The number of carbonyl (C=O) groups excluding carboxylic acids is 2. The second-order valence-corrected chi connectivity index (χ2v) is 7.66. The fraction of sp³-hybridized carbons (Fsp3) is 0.364. The van der Waals surface area contributed by atoms with Crippen LogP contribution < -0.4 is 10.1 Å². The van der Waals surface area contributed by atoms with E-state index in [1.807, 2.05) is 44.2 Å². The zero-order valence-electron chi connectivity index (χ0n) is 16.4. The summed E-state index contributed by atoms with van der Waals surface area (Å²) in [5.74, 6) is -0.225. The van der Waals surface area contributed by atoms with E-state index in [1.165, 1.54) is 0 Å². The lowest BCUT2D eigenvalue weighted by atomic mass is 10.0. The fourth-order valence-electron chi connectivity index (χ4n) is 3.11. The van der Waals surface area contributed by atoms with Crippen LogP contribution in [0.2, 0.25) is 5.02 Å². The zero-order chi connectivity index (χ0) is 20.8. The molecule has 0 saturated carbocycles. The maximum atomic E-state index is 12.7. The first-order valence-corrected chi connectivity index (χ1v) is 9.83. The molecule has 0 radical (unpaired) electrons. The van der Waals surface area contributed by atoms with Gasteiger partial charge in [0.1, 0.15) is 18.4 Å². The summed E-state index contributed by atoms with van der Waals surface area (Å²) < 4.78 is 16.3. The molecule has 0 saturated heterocycles. The molecule has 0 unspecified atom stereocenters. The monoisotopic (exact) mass is 417 g/mol. The number of amides is 1. The second-order valence-electron chi connectivity index (χ2n) is 7.22. The average Bonchev–Trinajstić information content (AvgIpc) is 2.70. The average molecular weight is 418 g/mol. The van der Waals surface area contributed by atoms with Crippen molar-refractivity contribution in [1.29, 1.82) is 0 Å². The summed E-state index contributed by atoms with van der Waals surface area (Å²) in [5, 5.41) is 3.30. The van der Waals surface area contributed by atoms with Gasteiger partial charge in [0.2, 0.25) is 5.91 Å². The Morgan fingerprint density at radius 1 is 1.21 bits per heavy atom. The molecule has 2 aromatic carbocycles. The molecule has 154 valence electrons.